The quantitative estimate of drug-likeness (QED) is 0.906. The lowest BCUT2D eigenvalue weighted by Gasteiger charge is -2.36. The Labute approximate surface area is 116 Å². The fourth-order valence-electron chi connectivity index (χ4n) is 2.57. The van der Waals surface area contributed by atoms with Crippen LogP contribution < -0.4 is 0 Å². The van der Waals surface area contributed by atoms with Gasteiger partial charge in [0.1, 0.15) is 0 Å². The van der Waals surface area contributed by atoms with E-state index in [1.807, 2.05) is 0 Å². The van der Waals surface area contributed by atoms with Crippen molar-refractivity contribution in [1.29, 1.82) is 0 Å². The molecule has 1 aromatic rings. The lowest BCUT2D eigenvalue weighted by Crippen LogP contribution is -2.44. The number of benzene rings is 1. The second-order valence-corrected chi connectivity index (χ2v) is 5.67. The third-order valence-electron chi connectivity index (χ3n) is 4.01. The lowest BCUT2D eigenvalue weighted by molar-refractivity contribution is -0.0633. The average Bonchev–Trinajstić information content (AvgIpc) is 2.46. The highest BCUT2D eigenvalue weighted by atomic mass is 16.5. The summed E-state index contributed by atoms with van der Waals surface area (Å²) in [7, 11) is 0. The zero-order valence-corrected chi connectivity index (χ0v) is 12.2. The largest absolute Gasteiger partial charge is 0.394 e. The Morgan fingerprint density at radius 2 is 1.84 bits per heavy atom. The summed E-state index contributed by atoms with van der Waals surface area (Å²) in [4.78, 5) is 2.38. The molecule has 0 bridgehead atoms. The predicted molar refractivity (Wildman–Crippen MR) is 77.3 cm³/mol. The Morgan fingerprint density at radius 1 is 1.21 bits per heavy atom. The molecule has 0 amide bonds. The molecule has 0 aromatic heterocycles. The van der Waals surface area contributed by atoms with Crippen LogP contribution in [-0.4, -0.2) is 42.4 Å². The number of nitrogens with zero attached hydrogens (tertiary/aromatic N) is 1. The van der Waals surface area contributed by atoms with E-state index in [4.69, 9.17) is 4.74 Å². The first-order chi connectivity index (χ1) is 9.11. The number of hydrogen-bond donors (Lipinski definition) is 1. The molecule has 1 aliphatic rings. The Balaban J connectivity index is 2.04. The summed E-state index contributed by atoms with van der Waals surface area (Å²) in [6.07, 6.45) is -0.0360. The summed E-state index contributed by atoms with van der Waals surface area (Å²) in [5.74, 6) is 0.575. The first kappa shape index (κ1) is 14.5. The standard InChI is InChI=1S/C16H25NO2/c1-12(2)14-4-6-15(7-5-14)13(3)17-8-9-19-16(10-17)11-18/h4-7,12-13,16,18H,8-11H2,1-3H3/t13-,16-/m1/s1. The number of ether oxygens (including phenoxy) is 1. The molecule has 19 heavy (non-hydrogen) atoms. The van der Waals surface area contributed by atoms with Crippen molar-refractivity contribution in [2.45, 2.75) is 38.8 Å². The number of aliphatic hydroxyl groups is 1. The molecule has 0 aliphatic carbocycles. The molecule has 0 radical (unpaired) electrons. The summed E-state index contributed by atoms with van der Waals surface area (Å²) < 4.78 is 5.50. The van der Waals surface area contributed by atoms with Crippen LogP contribution in [0.25, 0.3) is 0 Å². The van der Waals surface area contributed by atoms with Gasteiger partial charge in [-0.05, 0) is 24.0 Å². The molecule has 1 aliphatic heterocycles. The number of hydrogen-bond acceptors (Lipinski definition) is 3. The summed E-state index contributed by atoms with van der Waals surface area (Å²) in [5, 5.41) is 9.21. The van der Waals surface area contributed by atoms with E-state index in [9.17, 15) is 5.11 Å². The molecule has 0 unspecified atom stereocenters. The van der Waals surface area contributed by atoms with Crippen LogP contribution in [0.2, 0.25) is 0 Å². The fraction of sp³-hybridized carbons (Fsp3) is 0.625. The van der Waals surface area contributed by atoms with Crippen LogP contribution in [0.5, 0.6) is 0 Å². The van der Waals surface area contributed by atoms with Crippen LogP contribution in [0.4, 0.5) is 0 Å². The highest BCUT2D eigenvalue weighted by Gasteiger charge is 2.24. The zero-order chi connectivity index (χ0) is 13.8. The molecule has 2 atom stereocenters. The number of aliphatic hydroxyl groups excluding tert-OH is 1. The Morgan fingerprint density at radius 3 is 2.42 bits per heavy atom. The maximum absolute atomic E-state index is 9.21. The van der Waals surface area contributed by atoms with Crippen molar-refractivity contribution < 1.29 is 9.84 Å². The molecular weight excluding hydrogens is 238 g/mol. The van der Waals surface area contributed by atoms with E-state index in [0.717, 1.165) is 13.1 Å². The second-order valence-electron chi connectivity index (χ2n) is 5.67. The molecule has 1 aromatic carbocycles. The topological polar surface area (TPSA) is 32.7 Å². The first-order valence-electron chi connectivity index (χ1n) is 7.18. The Bertz CT molecular complexity index is 388. The molecule has 1 fully saturated rings. The summed E-state index contributed by atoms with van der Waals surface area (Å²) in [6.45, 7) is 9.21. The second kappa shape index (κ2) is 6.51. The van der Waals surface area contributed by atoms with Gasteiger partial charge in [-0.1, -0.05) is 38.1 Å². The van der Waals surface area contributed by atoms with Crippen LogP contribution in [0.1, 0.15) is 43.9 Å². The van der Waals surface area contributed by atoms with E-state index in [-0.39, 0.29) is 12.7 Å². The fourth-order valence-corrected chi connectivity index (χ4v) is 2.57. The van der Waals surface area contributed by atoms with Crippen molar-refractivity contribution in [3.8, 4) is 0 Å². The summed E-state index contributed by atoms with van der Waals surface area (Å²) >= 11 is 0. The maximum Gasteiger partial charge on any atom is 0.0933 e. The molecule has 1 saturated heterocycles. The molecular formula is C16H25NO2. The van der Waals surface area contributed by atoms with Gasteiger partial charge >= 0.3 is 0 Å². The lowest BCUT2D eigenvalue weighted by atomic mass is 9.99. The normalized spacial score (nSPS) is 22.7. The van der Waals surface area contributed by atoms with Gasteiger partial charge < -0.3 is 9.84 Å². The van der Waals surface area contributed by atoms with E-state index in [1.165, 1.54) is 11.1 Å². The highest BCUT2D eigenvalue weighted by Crippen LogP contribution is 2.24. The van der Waals surface area contributed by atoms with Crippen molar-refractivity contribution in [2.24, 2.45) is 0 Å². The highest BCUT2D eigenvalue weighted by molar-refractivity contribution is 5.26. The maximum atomic E-state index is 9.21. The van der Waals surface area contributed by atoms with Crippen LogP contribution >= 0.6 is 0 Å². The molecule has 1 N–H and O–H groups in total. The van der Waals surface area contributed by atoms with Gasteiger partial charge in [-0.15, -0.1) is 0 Å². The average molecular weight is 263 g/mol. The van der Waals surface area contributed by atoms with E-state index in [2.05, 4.69) is 49.9 Å². The van der Waals surface area contributed by atoms with Gasteiger partial charge in [-0.25, -0.2) is 0 Å². The van der Waals surface area contributed by atoms with Crippen molar-refractivity contribution in [3.63, 3.8) is 0 Å². The smallest absolute Gasteiger partial charge is 0.0933 e. The molecule has 0 saturated carbocycles. The van der Waals surface area contributed by atoms with Gasteiger partial charge in [-0.2, -0.15) is 0 Å². The van der Waals surface area contributed by atoms with E-state index >= 15 is 0 Å². The molecule has 2 rings (SSSR count). The van der Waals surface area contributed by atoms with Crippen molar-refractivity contribution in [2.75, 3.05) is 26.3 Å². The SMILES string of the molecule is CC(C)c1ccc([C@@H](C)N2CCO[C@@H](CO)C2)cc1. The summed E-state index contributed by atoms with van der Waals surface area (Å²) in [6, 6.07) is 9.27. The predicted octanol–water partition coefficient (Wildman–Crippen LogP) is 2.56. The Hall–Kier alpha value is -0.900. The van der Waals surface area contributed by atoms with Crippen molar-refractivity contribution in [3.05, 3.63) is 35.4 Å². The molecule has 1 heterocycles. The van der Waals surface area contributed by atoms with E-state index in [1.54, 1.807) is 0 Å². The van der Waals surface area contributed by atoms with Crippen LogP contribution in [0.15, 0.2) is 24.3 Å². The van der Waals surface area contributed by atoms with Gasteiger partial charge in [0, 0.05) is 19.1 Å². The minimum Gasteiger partial charge on any atom is -0.394 e. The summed E-state index contributed by atoms with van der Waals surface area (Å²) in [5.41, 5.74) is 2.72. The third-order valence-corrected chi connectivity index (χ3v) is 4.01. The van der Waals surface area contributed by atoms with E-state index < -0.39 is 0 Å². The number of rotatable bonds is 4. The van der Waals surface area contributed by atoms with Gasteiger partial charge in [0.25, 0.3) is 0 Å². The molecule has 3 nitrogen and oxygen atoms in total. The van der Waals surface area contributed by atoms with Crippen LogP contribution in [0.3, 0.4) is 0 Å². The van der Waals surface area contributed by atoms with Crippen molar-refractivity contribution >= 4 is 0 Å². The van der Waals surface area contributed by atoms with Crippen molar-refractivity contribution in [1.82, 2.24) is 4.90 Å². The third kappa shape index (κ3) is 3.56. The van der Waals surface area contributed by atoms with Gasteiger partial charge in [0.2, 0.25) is 0 Å². The zero-order valence-electron chi connectivity index (χ0n) is 12.2. The molecule has 0 spiro atoms. The minimum absolute atomic E-state index is 0.0360. The Kier molecular flexibility index (Phi) is 4.97. The van der Waals surface area contributed by atoms with E-state index in [0.29, 0.717) is 18.6 Å². The van der Waals surface area contributed by atoms with Crippen LogP contribution in [-0.2, 0) is 4.74 Å². The molecule has 3 heteroatoms. The first-order valence-corrected chi connectivity index (χ1v) is 7.18. The minimum atomic E-state index is -0.0360. The van der Waals surface area contributed by atoms with Gasteiger partial charge in [-0.3, -0.25) is 4.90 Å². The molecule has 106 valence electrons. The monoisotopic (exact) mass is 263 g/mol. The number of morpholine rings is 1. The van der Waals surface area contributed by atoms with Gasteiger partial charge in [0.05, 0.1) is 19.3 Å². The van der Waals surface area contributed by atoms with Crippen LogP contribution in [0, 0.1) is 0 Å². The van der Waals surface area contributed by atoms with Gasteiger partial charge in [0.15, 0.2) is 0 Å².